The van der Waals surface area contributed by atoms with Crippen LogP contribution in [0.4, 0.5) is 10.1 Å². The number of thiophene rings is 1. The number of ether oxygens (including phenoxy) is 1. The minimum absolute atomic E-state index is 0.150. The molecule has 0 aliphatic heterocycles. The van der Waals surface area contributed by atoms with Gasteiger partial charge in [-0.3, -0.25) is 4.98 Å². The number of fused-ring (bicyclic) bond motifs is 1. The van der Waals surface area contributed by atoms with Gasteiger partial charge in [0, 0.05) is 28.9 Å². The van der Waals surface area contributed by atoms with Crippen LogP contribution >= 0.6 is 11.3 Å². The lowest BCUT2D eigenvalue weighted by Crippen LogP contribution is -1.91. The molecule has 0 radical (unpaired) electrons. The van der Waals surface area contributed by atoms with Crippen LogP contribution in [0.25, 0.3) is 20.7 Å². The SMILES string of the molecule is CCCc1cccc(-c2cc3nccc(Oc4ccc(N)cc4F)c3s2)c1. The molecule has 4 aromatic rings. The average Bonchev–Trinajstić information content (AvgIpc) is 3.10. The molecule has 0 saturated carbocycles. The van der Waals surface area contributed by atoms with E-state index in [1.54, 1.807) is 35.7 Å². The van der Waals surface area contributed by atoms with Crippen molar-refractivity contribution < 1.29 is 9.13 Å². The predicted molar refractivity (Wildman–Crippen MR) is 110 cm³/mol. The lowest BCUT2D eigenvalue weighted by atomic mass is 10.1. The Bertz CT molecular complexity index is 1110. The quantitative estimate of drug-likeness (QED) is 0.407. The maximum atomic E-state index is 14.1. The van der Waals surface area contributed by atoms with Gasteiger partial charge in [-0.1, -0.05) is 37.6 Å². The number of hydrogen-bond acceptors (Lipinski definition) is 4. The first-order chi connectivity index (χ1) is 13.1. The Labute approximate surface area is 161 Å². The maximum absolute atomic E-state index is 14.1. The summed E-state index contributed by atoms with van der Waals surface area (Å²) in [4.78, 5) is 5.56. The number of nitrogens with two attached hydrogens (primary N) is 1. The third-order valence-electron chi connectivity index (χ3n) is 4.30. The first-order valence-corrected chi connectivity index (χ1v) is 9.66. The van der Waals surface area contributed by atoms with Crippen LogP contribution in [0.2, 0.25) is 0 Å². The van der Waals surface area contributed by atoms with Crippen LogP contribution in [0.1, 0.15) is 18.9 Å². The molecule has 0 amide bonds. The molecule has 27 heavy (non-hydrogen) atoms. The van der Waals surface area contributed by atoms with Crippen molar-refractivity contribution in [3.8, 4) is 21.9 Å². The van der Waals surface area contributed by atoms with E-state index in [2.05, 4.69) is 42.2 Å². The van der Waals surface area contributed by atoms with Gasteiger partial charge in [-0.05, 0) is 35.7 Å². The summed E-state index contributed by atoms with van der Waals surface area (Å²) in [5.74, 6) is 0.255. The highest BCUT2D eigenvalue weighted by molar-refractivity contribution is 7.22. The molecule has 0 fully saturated rings. The van der Waals surface area contributed by atoms with Gasteiger partial charge in [0.1, 0.15) is 5.75 Å². The van der Waals surface area contributed by atoms with Gasteiger partial charge >= 0.3 is 0 Å². The lowest BCUT2D eigenvalue weighted by Gasteiger charge is -2.07. The molecule has 2 heterocycles. The highest BCUT2D eigenvalue weighted by Gasteiger charge is 2.13. The molecule has 0 saturated heterocycles. The third-order valence-corrected chi connectivity index (χ3v) is 5.49. The normalized spacial score (nSPS) is 11.0. The Morgan fingerprint density at radius 2 is 1.96 bits per heavy atom. The summed E-state index contributed by atoms with van der Waals surface area (Å²) in [6.07, 6.45) is 3.85. The molecule has 2 aromatic heterocycles. The summed E-state index contributed by atoms with van der Waals surface area (Å²) in [5, 5.41) is 0. The van der Waals surface area contributed by atoms with Crippen LogP contribution in [0.15, 0.2) is 60.8 Å². The molecule has 0 unspecified atom stereocenters. The summed E-state index contributed by atoms with van der Waals surface area (Å²) >= 11 is 1.60. The molecule has 0 bridgehead atoms. The van der Waals surface area contributed by atoms with E-state index in [0.717, 1.165) is 33.5 Å². The van der Waals surface area contributed by atoms with Crippen molar-refractivity contribution in [2.24, 2.45) is 0 Å². The van der Waals surface area contributed by atoms with E-state index in [0.29, 0.717) is 11.4 Å². The van der Waals surface area contributed by atoms with Crippen molar-refractivity contribution in [2.75, 3.05) is 5.73 Å². The standard InChI is InChI=1S/C22H19FN2OS/c1-2-4-14-5-3-6-15(11-14)21-13-18-22(27-21)20(9-10-25-18)26-19-8-7-16(24)12-17(19)23/h3,5-13H,2,4,24H2,1H3. The van der Waals surface area contributed by atoms with E-state index in [4.69, 9.17) is 10.5 Å². The molecule has 0 spiro atoms. The molecular weight excluding hydrogens is 359 g/mol. The largest absolute Gasteiger partial charge is 0.453 e. The first-order valence-electron chi connectivity index (χ1n) is 8.85. The number of halogens is 1. The monoisotopic (exact) mass is 378 g/mol. The number of aromatic nitrogens is 1. The van der Waals surface area contributed by atoms with E-state index < -0.39 is 5.82 Å². The molecular formula is C22H19FN2OS. The van der Waals surface area contributed by atoms with Crippen LogP contribution in [0.3, 0.4) is 0 Å². The molecule has 3 nitrogen and oxygen atoms in total. The molecule has 5 heteroatoms. The van der Waals surface area contributed by atoms with E-state index in [-0.39, 0.29) is 5.75 Å². The van der Waals surface area contributed by atoms with Crippen molar-refractivity contribution >= 4 is 27.2 Å². The second kappa shape index (κ2) is 7.37. The molecule has 4 rings (SSSR count). The molecule has 0 aliphatic rings. The van der Waals surface area contributed by atoms with Crippen molar-refractivity contribution in [3.63, 3.8) is 0 Å². The third kappa shape index (κ3) is 3.64. The smallest absolute Gasteiger partial charge is 0.167 e. The zero-order valence-corrected chi connectivity index (χ0v) is 15.7. The van der Waals surface area contributed by atoms with Gasteiger partial charge in [0.25, 0.3) is 0 Å². The van der Waals surface area contributed by atoms with Gasteiger partial charge in [0.15, 0.2) is 11.6 Å². The zero-order chi connectivity index (χ0) is 18.8. The van der Waals surface area contributed by atoms with E-state index in [1.165, 1.54) is 11.6 Å². The Kier molecular flexibility index (Phi) is 4.77. The fourth-order valence-electron chi connectivity index (χ4n) is 3.02. The number of anilines is 1. The van der Waals surface area contributed by atoms with Crippen LogP contribution < -0.4 is 10.5 Å². The van der Waals surface area contributed by atoms with E-state index in [1.807, 2.05) is 0 Å². The van der Waals surface area contributed by atoms with Crippen LogP contribution in [-0.4, -0.2) is 4.98 Å². The summed E-state index contributed by atoms with van der Waals surface area (Å²) in [6.45, 7) is 2.18. The van der Waals surface area contributed by atoms with Gasteiger partial charge in [-0.25, -0.2) is 4.39 Å². The number of rotatable bonds is 5. The lowest BCUT2D eigenvalue weighted by molar-refractivity contribution is 0.447. The van der Waals surface area contributed by atoms with E-state index in [9.17, 15) is 4.39 Å². The Hall–Kier alpha value is -2.92. The number of pyridine rings is 1. The minimum atomic E-state index is -0.482. The second-order valence-electron chi connectivity index (χ2n) is 6.38. The zero-order valence-electron chi connectivity index (χ0n) is 14.9. The van der Waals surface area contributed by atoms with Crippen molar-refractivity contribution in [2.45, 2.75) is 19.8 Å². The van der Waals surface area contributed by atoms with Crippen LogP contribution in [-0.2, 0) is 6.42 Å². The molecule has 0 atom stereocenters. The minimum Gasteiger partial charge on any atom is -0.453 e. The first kappa shape index (κ1) is 17.5. The van der Waals surface area contributed by atoms with E-state index >= 15 is 0 Å². The predicted octanol–water partition coefficient (Wildman–Crippen LogP) is 6.43. The van der Waals surface area contributed by atoms with Crippen LogP contribution in [0, 0.1) is 5.82 Å². The topological polar surface area (TPSA) is 48.1 Å². The Balaban J connectivity index is 1.73. The van der Waals surface area contributed by atoms with Gasteiger partial charge < -0.3 is 10.5 Å². The number of nitrogens with zero attached hydrogens (tertiary/aromatic N) is 1. The second-order valence-corrected chi connectivity index (χ2v) is 7.43. The number of hydrogen-bond donors (Lipinski definition) is 1. The summed E-state index contributed by atoms with van der Waals surface area (Å²) in [7, 11) is 0. The van der Waals surface area contributed by atoms with Gasteiger partial charge in [-0.15, -0.1) is 11.3 Å². The Morgan fingerprint density at radius 3 is 2.78 bits per heavy atom. The van der Waals surface area contributed by atoms with Crippen molar-refractivity contribution in [1.82, 2.24) is 4.98 Å². The Morgan fingerprint density at radius 1 is 1.07 bits per heavy atom. The summed E-state index contributed by atoms with van der Waals surface area (Å²) in [5.41, 5.74) is 9.29. The summed E-state index contributed by atoms with van der Waals surface area (Å²) < 4.78 is 20.8. The number of aryl methyl sites for hydroxylation is 1. The van der Waals surface area contributed by atoms with Gasteiger partial charge in [0.2, 0.25) is 0 Å². The molecule has 2 aromatic carbocycles. The molecule has 2 N–H and O–H groups in total. The van der Waals surface area contributed by atoms with Crippen molar-refractivity contribution in [3.05, 3.63) is 72.2 Å². The average molecular weight is 378 g/mol. The fourth-order valence-corrected chi connectivity index (χ4v) is 4.09. The number of benzene rings is 2. The molecule has 136 valence electrons. The van der Waals surface area contributed by atoms with Gasteiger partial charge in [0.05, 0.1) is 10.2 Å². The van der Waals surface area contributed by atoms with Crippen LogP contribution in [0.5, 0.6) is 11.5 Å². The highest BCUT2D eigenvalue weighted by Crippen LogP contribution is 2.39. The highest BCUT2D eigenvalue weighted by atomic mass is 32.1. The number of nitrogen functional groups attached to an aromatic ring is 1. The fraction of sp³-hybridized carbons (Fsp3) is 0.136. The summed E-state index contributed by atoms with van der Waals surface area (Å²) in [6, 6.07) is 16.8. The maximum Gasteiger partial charge on any atom is 0.167 e. The van der Waals surface area contributed by atoms with Gasteiger partial charge in [-0.2, -0.15) is 0 Å². The van der Waals surface area contributed by atoms with Crippen molar-refractivity contribution in [1.29, 1.82) is 0 Å². The molecule has 0 aliphatic carbocycles.